The van der Waals surface area contributed by atoms with Crippen LogP contribution in [0.4, 0.5) is 5.82 Å². The van der Waals surface area contributed by atoms with Crippen molar-refractivity contribution in [1.29, 1.82) is 0 Å². The number of nitrogens with one attached hydrogen (secondary N) is 1. The summed E-state index contributed by atoms with van der Waals surface area (Å²) in [4.78, 5) is 4.70. The number of hydrogen-bond acceptors (Lipinski definition) is 3. The van der Waals surface area contributed by atoms with Crippen molar-refractivity contribution >= 4 is 39.1 Å². The van der Waals surface area contributed by atoms with Crippen molar-refractivity contribution in [2.75, 3.05) is 11.9 Å². The molecule has 0 saturated carbocycles. The average molecular weight is 301 g/mol. The third kappa shape index (κ3) is 2.67. The molecule has 4 heteroatoms. The van der Waals surface area contributed by atoms with Gasteiger partial charge in [-0.05, 0) is 30.0 Å². The highest BCUT2D eigenvalue weighted by Crippen LogP contribution is 2.31. The number of anilines is 1. The highest BCUT2D eigenvalue weighted by molar-refractivity contribution is 6.31. The number of aliphatic hydroxyl groups is 1. The van der Waals surface area contributed by atoms with Crippen molar-refractivity contribution in [2.45, 2.75) is 19.4 Å². The van der Waals surface area contributed by atoms with E-state index in [0.717, 1.165) is 33.9 Å². The van der Waals surface area contributed by atoms with Crippen LogP contribution in [0.2, 0.25) is 5.02 Å². The summed E-state index contributed by atoms with van der Waals surface area (Å²) in [6, 6.07) is 13.8. The van der Waals surface area contributed by atoms with Crippen LogP contribution in [0.15, 0.2) is 42.5 Å². The molecule has 0 unspecified atom stereocenters. The fourth-order valence-corrected chi connectivity index (χ4v) is 2.68. The molecule has 0 aliphatic carbocycles. The van der Waals surface area contributed by atoms with E-state index in [9.17, 15) is 5.11 Å². The van der Waals surface area contributed by atoms with Gasteiger partial charge in [0.15, 0.2) is 0 Å². The second-order valence-electron chi connectivity index (χ2n) is 5.10. The number of nitrogens with zero attached hydrogens (tertiary/aromatic N) is 1. The molecule has 0 fully saturated rings. The van der Waals surface area contributed by atoms with Crippen molar-refractivity contribution in [1.82, 2.24) is 4.98 Å². The van der Waals surface area contributed by atoms with Gasteiger partial charge in [-0.2, -0.15) is 0 Å². The predicted molar refractivity (Wildman–Crippen MR) is 89.0 cm³/mol. The number of aromatic nitrogens is 1. The Bertz CT molecular complexity index is 784. The van der Waals surface area contributed by atoms with Crippen LogP contribution in [0, 0.1) is 0 Å². The van der Waals surface area contributed by atoms with E-state index in [1.807, 2.05) is 43.3 Å². The van der Waals surface area contributed by atoms with Crippen LogP contribution in [-0.4, -0.2) is 22.7 Å². The first kappa shape index (κ1) is 14.1. The van der Waals surface area contributed by atoms with Crippen molar-refractivity contribution < 1.29 is 5.11 Å². The summed E-state index contributed by atoms with van der Waals surface area (Å²) in [6.45, 7) is 2.13. The van der Waals surface area contributed by atoms with Gasteiger partial charge in [-0.15, -0.1) is 0 Å². The standard InChI is InChI=1S/C17H17ClN2O/c1-2-12(10-21)19-17-14-6-4-3-5-13(14)15-9-11(18)7-8-16(15)20-17/h3-9,12,21H,2,10H2,1H3,(H,19,20)/t12-/m1/s1. The highest BCUT2D eigenvalue weighted by Gasteiger charge is 2.11. The van der Waals surface area contributed by atoms with E-state index in [-0.39, 0.29) is 12.6 Å². The van der Waals surface area contributed by atoms with Crippen molar-refractivity contribution in [3.05, 3.63) is 47.5 Å². The van der Waals surface area contributed by atoms with E-state index in [0.29, 0.717) is 5.02 Å². The lowest BCUT2D eigenvalue weighted by molar-refractivity contribution is 0.271. The van der Waals surface area contributed by atoms with Gasteiger partial charge < -0.3 is 10.4 Å². The lowest BCUT2D eigenvalue weighted by Gasteiger charge is -2.17. The second-order valence-corrected chi connectivity index (χ2v) is 5.54. The molecular formula is C17H17ClN2O. The molecule has 0 aliphatic heterocycles. The van der Waals surface area contributed by atoms with Gasteiger partial charge >= 0.3 is 0 Å². The maximum absolute atomic E-state index is 9.40. The van der Waals surface area contributed by atoms with Crippen LogP contribution in [0.1, 0.15) is 13.3 Å². The highest BCUT2D eigenvalue weighted by atomic mass is 35.5. The number of rotatable bonds is 4. The van der Waals surface area contributed by atoms with Crippen LogP contribution >= 0.6 is 11.6 Å². The van der Waals surface area contributed by atoms with E-state index in [1.165, 1.54) is 0 Å². The Balaban J connectivity index is 2.25. The summed E-state index contributed by atoms with van der Waals surface area (Å²) in [5.41, 5.74) is 0.897. The number of hydrogen-bond donors (Lipinski definition) is 2. The predicted octanol–water partition coefficient (Wildman–Crippen LogP) is 4.22. The molecular weight excluding hydrogens is 284 g/mol. The largest absolute Gasteiger partial charge is 0.394 e. The molecule has 2 N–H and O–H groups in total. The van der Waals surface area contributed by atoms with Gasteiger partial charge in [0.25, 0.3) is 0 Å². The molecule has 0 saturated heterocycles. The maximum atomic E-state index is 9.40. The molecule has 0 aliphatic rings. The summed E-state index contributed by atoms with van der Waals surface area (Å²) < 4.78 is 0. The fourth-order valence-electron chi connectivity index (χ4n) is 2.51. The zero-order valence-corrected chi connectivity index (χ0v) is 12.6. The first-order chi connectivity index (χ1) is 10.2. The molecule has 1 aromatic heterocycles. The van der Waals surface area contributed by atoms with Crippen LogP contribution in [0.25, 0.3) is 21.7 Å². The van der Waals surface area contributed by atoms with Gasteiger partial charge in [0.1, 0.15) is 5.82 Å². The van der Waals surface area contributed by atoms with Gasteiger partial charge in [-0.1, -0.05) is 42.8 Å². The number of fused-ring (bicyclic) bond motifs is 3. The minimum Gasteiger partial charge on any atom is -0.394 e. The molecule has 0 bridgehead atoms. The average Bonchev–Trinajstić information content (AvgIpc) is 2.53. The van der Waals surface area contributed by atoms with E-state index >= 15 is 0 Å². The summed E-state index contributed by atoms with van der Waals surface area (Å²) in [5, 5.41) is 16.6. The van der Waals surface area contributed by atoms with E-state index in [1.54, 1.807) is 0 Å². The van der Waals surface area contributed by atoms with Crippen molar-refractivity contribution in [3.8, 4) is 0 Å². The molecule has 2 aromatic carbocycles. The Morgan fingerprint density at radius 3 is 2.62 bits per heavy atom. The monoisotopic (exact) mass is 300 g/mol. The van der Waals surface area contributed by atoms with Crippen molar-refractivity contribution in [3.63, 3.8) is 0 Å². The van der Waals surface area contributed by atoms with E-state index < -0.39 is 0 Å². The third-order valence-electron chi connectivity index (χ3n) is 3.72. The Morgan fingerprint density at radius 1 is 1.14 bits per heavy atom. The Labute approximate surface area is 128 Å². The molecule has 108 valence electrons. The molecule has 0 amide bonds. The fraction of sp³-hybridized carbons (Fsp3) is 0.235. The smallest absolute Gasteiger partial charge is 0.134 e. The van der Waals surface area contributed by atoms with E-state index in [2.05, 4.69) is 11.4 Å². The van der Waals surface area contributed by atoms with Crippen LogP contribution in [-0.2, 0) is 0 Å². The molecule has 21 heavy (non-hydrogen) atoms. The van der Waals surface area contributed by atoms with Gasteiger partial charge in [0, 0.05) is 15.8 Å². The van der Waals surface area contributed by atoms with Gasteiger partial charge in [0.2, 0.25) is 0 Å². The molecule has 1 atom stereocenters. The van der Waals surface area contributed by atoms with Gasteiger partial charge in [-0.3, -0.25) is 0 Å². The molecule has 1 heterocycles. The maximum Gasteiger partial charge on any atom is 0.134 e. The number of benzene rings is 2. The summed E-state index contributed by atoms with van der Waals surface area (Å²) in [5.74, 6) is 0.807. The normalized spacial score (nSPS) is 12.7. The Morgan fingerprint density at radius 2 is 1.90 bits per heavy atom. The Kier molecular flexibility index (Phi) is 3.95. The molecule has 3 rings (SSSR count). The minimum atomic E-state index is 0.00524. The molecule has 0 radical (unpaired) electrons. The Hall–Kier alpha value is -1.84. The zero-order chi connectivity index (χ0) is 14.8. The van der Waals surface area contributed by atoms with Gasteiger partial charge in [0.05, 0.1) is 18.2 Å². The summed E-state index contributed by atoms with van der Waals surface area (Å²) >= 11 is 6.11. The third-order valence-corrected chi connectivity index (χ3v) is 3.95. The van der Waals surface area contributed by atoms with Crippen LogP contribution in [0.5, 0.6) is 0 Å². The van der Waals surface area contributed by atoms with Gasteiger partial charge in [-0.25, -0.2) is 4.98 Å². The summed E-state index contributed by atoms with van der Waals surface area (Å²) in [7, 11) is 0. The minimum absolute atomic E-state index is 0.00524. The molecule has 3 nitrogen and oxygen atoms in total. The first-order valence-electron chi connectivity index (χ1n) is 7.08. The lowest BCUT2D eigenvalue weighted by atomic mass is 10.1. The number of aliphatic hydroxyl groups excluding tert-OH is 1. The number of pyridine rings is 1. The SMILES string of the molecule is CC[C@H](CO)Nc1nc2ccc(Cl)cc2c2ccccc12. The quantitative estimate of drug-likeness (QED) is 0.709. The van der Waals surface area contributed by atoms with Crippen LogP contribution in [0.3, 0.4) is 0 Å². The topological polar surface area (TPSA) is 45.1 Å². The molecule has 0 spiro atoms. The van der Waals surface area contributed by atoms with Crippen molar-refractivity contribution in [2.24, 2.45) is 0 Å². The lowest BCUT2D eigenvalue weighted by Crippen LogP contribution is -2.23. The first-order valence-corrected chi connectivity index (χ1v) is 7.46. The number of halogens is 1. The van der Waals surface area contributed by atoms with E-state index in [4.69, 9.17) is 16.6 Å². The summed E-state index contributed by atoms with van der Waals surface area (Å²) in [6.07, 6.45) is 0.838. The zero-order valence-electron chi connectivity index (χ0n) is 11.8. The molecule has 3 aromatic rings. The van der Waals surface area contributed by atoms with Crippen LogP contribution < -0.4 is 5.32 Å². The second kappa shape index (κ2) is 5.88.